The third-order valence-electron chi connectivity index (χ3n) is 2.83. The fourth-order valence-corrected chi connectivity index (χ4v) is 1.99. The molecule has 2 nitrogen and oxygen atoms in total. The van der Waals surface area contributed by atoms with E-state index in [2.05, 4.69) is 20.8 Å². The number of hydrogen-bond acceptors (Lipinski definition) is 2. The highest BCUT2D eigenvalue weighted by Gasteiger charge is 2.22. The number of fused-ring (bicyclic) bond motifs is 1. The van der Waals surface area contributed by atoms with Crippen LogP contribution in [-0.4, -0.2) is 11.7 Å². The fourth-order valence-electron chi connectivity index (χ4n) is 1.99. The Morgan fingerprint density at radius 1 is 1.27 bits per heavy atom. The highest BCUT2D eigenvalue weighted by atomic mass is 16.5. The molecule has 2 heteroatoms. The van der Waals surface area contributed by atoms with Crippen molar-refractivity contribution in [1.82, 2.24) is 0 Å². The van der Waals surface area contributed by atoms with E-state index < -0.39 is 0 Å². The summed E-state index contributed by atoms with van der Waals surface area (Å²) in [5.74, 6) is 1.34. The number of rotatable bonds is 0. The Morgan fingerprint density at radius 2 is 2.00 bits per heavy atom. The second kappa shape index (κ2) is 3.44. The molecule has 0 saturated carbocycles. The van der Waals surface area contributed by atoms with Crippen molar-refractivity contribution >= 4 is 0 Å². The van der Waals surface area contributed by atoms with E-state index in [0.29, 0.717) is 5.75 Å². The van der Waals surface area contributed by atoms with E-state index in [1.165, 1.54) is 0 Å². The first-order valence-corrected chi connectivity index (χ1v) is 5.47. The van der Waals surface area contributed by atoms with Crippen LogP contribution in [0.5, 0.6) is 11.5 Å². The summed E-state index contributed by atoms with van der Waals surface area (Å²) >= 11 is 0. The summed E-state index contributed by atoms with van der Waals surface area (Å²) in [6.07, 6.45) is 2.05. The van der Waals surface area contributed by atoms with Crippen LogP contribution in [0.15, 0.2) is 12.1 Å². The van der Waals surface area contributed by atoms with Gasteiger partial charge in [0.2, 0.25) is 0 Å². The second-order valence-electron chi connectivity index (χ2n) is 5.18. The Bertz CT molecular complexity index is 375. The maximum atomic E-state index is 9.95. The predicted octanol–water partition coefficient (Wildman–Crippen LogP) is 3.01. The molecule has 0 amide bonds. The lowest BCUT2D eigenvalue weighted by Gasteiger charge is -2.24. The molecule has 1 aromatic rings. The lowest BCUT2D eigenvalue weighted by Crippen LogP contribution is -2.14. The number of aromatic hydroxyl groups is 1. The van der Waals surface area contributed by atoms with E-state index in [9.17, 15) is 5.11 Å². The Balaban J connectivity index is 2.50. The molecule has 82 valence electrons. The lowest BCUT2D eigenvalue weighted by atomic mass is 9.85. The van der Waals surface area contributed by atoms with E-state index in [0.717, 1.165) is 36.3 Å². The summed E-state index contributed by atoms with van der Waals surface area (Å²) in [6.45, 7) is 7.08. The topological polar surface area (TPSA) is 29.5 Å². The summed E-state index contributed by atoms with van der Waals surface area (Å²) in [6, 6.07) is 3.85. The molecular formula is C13H18O2. The molecule has 0 aromatic heterocycles. The molecule has 1 heterocycles. The molecule has 15 heavy (non-hydrogen) atoms. The Kier molecular flexibility index (Phi) is 2.37. The summed E-state index contributed by atoms with van der Waals surface area (Å²) in [7, 11) is 0. The highest BCUT2D eigenvalue weighted by molar-refractivity contribution is 5.49. The van der Waals surface area contributed by atoms with Crippen LogP contribution in [0.3, 0.4) is 0 Å². The van der Waals surface area contributed by atoms with E-state index in [1.807, 2.05) is 12.1 Å². The summed E-state index contributed by atoms with van der Waals surface area (Å²) < 4.78 is 5.60. The van der Waals surface area contributed by atoms with Gasteiger partial charge in [-0.15, -0.1) is 0 Å². The average molecular weight is 206 g/mol. The van der Waals surface area contributed by atoms with Gasteiger partial charge in [0, 0.05) is 5.56 Å². The van der Waals surface area contributed by atoms with Crippen molar-refractivity contribution in [3.05, 3.63) is 23.3 Å². The molecule has 0 radical (unpaired) electrons. The van der Waals surface area contributed by atoms with Gasteiger partial charge in [-0.3, -0.25) is 0 Å². The van der Waals surface area contributed by atoms with E-state index in [4.69, 9.17) is 4.74 Å². The van der Waals surface area contributed by atoms with Gasteiger partial charge in [-0.25, -0.2) is 0 Å². The fraction of sp³-hybridized carbons (Fsp3) is 0.538. The van der Waals surface area contributed by atoms with Crippen LogP contribution in [0, 0.1) is 0 Å². The minimum absolute atomic E-state index is 0.0417. The quantitative estimate of drug-likeness (QED) is 0.707. The van der Waals surface area contributed by atoms with E-state index >= 15 is 0 Å². The smallest absolute Gasteiger partial charge is 0.123 e. The highest BCUT2D eigenvalue weighted by Crippen LogP contribution is 2.37. The molecule has 0 aliphatic carbocycles. The first-order valence-electron chi connectivity index (χ1n) is 5.47. The molecule has 1 aromatic carbocycles. The van der Waals surface area contributed by atoms with Gasteiger partial charge in [-0.1, -0.05) is 20.8 Å². The second-order valence-corrected chi connectivity index (χ2v) is 5.18. The molecule has 1 aliphatic rings. The van der Waals surface area contributed by atoms with Crippen molar-refractivity contribution in [3.8, 4) is 11.5 Å². The van der Waals surface area contributed by atoms with Gasteiger partial charge in [0.05, 0.1) is 6.61 Å². The summed E-state index contributed by atoms with van der Waals surface area (Å²) in [4.78, 5) is 0. The predicted molar refractivity (Wildman–Crippen MR) is 60.6 cm³/mol. The van der Waals surface area contributed by atoms with E-state index in [1.54, 1.807) is 0 Å². The number of ether oxygens (including phenoxy) is 1. The zero-order valence-corrected chi connectivity index (χ0v) is 9.63. The molecule has 1 aliphatic heterocycles. The van der Waals surface area contributed by atoms with Gasteiger partial charge < -0.3 is 9.84 Å². The third-order valence-corrected chi connectivity index (χ3v) is 2.83. The van der Waals surface area contributed by atoms with Crippen molar-refractivity contribution in [2.75, 3.05) is 6.61 Å². The maximum absolute atomic E-state index is 9.95. The van der Waals surface area contributed by atoms with Crippen molar-refractivity contribution in [2.45, 2.75) is 39.0 Å². The summed E-state index contributed by atoms with van der Waals surface area (Å²) in [5, 5.41) is 9.95. The van der Waals surface area contributed by atoms with Crippen LogP contribution in [0.1, 0.15) is 38.3 Å². The minimum Gasteiger partial charge on any atom is -0.508 e. The van der Waals surface area contributed by atoms with Crippen molar-refractivity contribution in [3.63, 3.8) is 0 Å². The number of hydrogen-bond donors (Lipinski definition) is 1. The molecule has 0 atom stereocenters. The molecule has 0 unspecified atom stereocenters. The van der Waals surface area contributed by atoms with Crippen molar-refractivity contribution in [1.29, 1.82) is 0 Å². The molecule has 1 N–H and O–H groups in total. The first-order chi connectivity index (χ1) is 6.98. The normalized spacial score (nSPS) is 15.7. The standard InChI is InChI=1S/C13H18O2/c1-13(2,3)10-8-12-9(7-11(10)14)5-4-6-15-12/h7-8,14H,4-6H2,1-3H3. The number of phenols is 1. The van der Waals surface area contributed by atoms with Gasteiger partial charge in [0.25, 0.3) is 0 Å². The van der Waals surface area contributed by atoms with E-state index in [-0.39, 0.29) is 5.41 Å². The average Bonchev–Trinajstić information content (AvgIpc) is 2.15. The molecule has 2 rings (SSSR count). The van der Waals surface area contributed by atoms with Crippen molar-refractivity contribution < 1.29 is 9.84 Å². The zero-order chi connectivity index (χ0) is 11.1. The Hall–Kier alpha value is -1.18. The largest absolute Gasteiger partial charge is 0.508 e. The van der Waals surface area contributed by atoms with Crippen LogP contribution in [-0.2, 0) is 11.8 Å². The van der Waals surface area contributed by atoms with Crippen molar-refractivity contribution in [2.24, 2.45) is 0 Å². The van der Waals surface area contributed by atoms with Crippen LogP contribution in [0.2, 0.25) is 0 Å². The molecule has 0 spiro atoms. The van der Waals surface area contributed by atoms with Gasteiger partial charge in [0.1, 0.15) is 11.5 Å². The van der Waals surface area contributed by atoms with Crippen LogP contribution >= 0.6 is 0 Å². The molecule has 0 fully saturated rings. The zero-order valence-electron chi connectivity index (χ0n) is 9.63. The lowest BCUT2D eigenvalue weighted by molar-refractivity contribution is 0.286. The minimum atomic E-state index is -0.0417. The first kappa shape index (κ1) is 10.3. The number of benzene rings is 1. The summed E-state index contributed by atoms with van der Waals surface area (Å²) in [5.41, 5.74) is 2.05. The number of aryl methyl sites for hydroxylation is 1. The maximum Gasteiger partial charge on any atom is 0.123 e. The molecular weight excluding hydrogens is 188 g/mol. The Labute approximate surface area is 90.9 Å². The molecule has 0 bridgehead atoms. The third kappa shape index (κ3) is 1.94. The number of phenolic OH excluding ortho intramolecular Hbond substituents is 1. The monoisotopic (exact) mass is 206 g/mol. The van der Waals surface area contributed by atoms with Gasteiger partial charge in [-0.05, 0) is 36.0 Å². The SMILES string of the molecule is CC(C)(C)c1cc2c(cc1O)CCCO2. The van der Waals surface area contributed by atoms with Gasteiger partial charge >= 0.3 is 0 Å². The Morgan fingerprint density at radius 3 is 2.67 bits per heavy atom. The van der Waals surface area contributed by atoms with Crippen LogP contribution in [0.4, 0.5) is 0 Å². The van der Waals surface area contributed by atoms with Gasteiger partial charge in [-0.2, -0.15) is 0 Å². The van der Waals surface area contributed by atoms with Crippen LogP contribution in [0.25, 0.3) is 0 Å². The molecule has 0 saturated heterocycles. The van der Waals surface area contributed by atoms with Crippen LogP contribution < -0.4 is 4.74 Å². The van der Waals surface area contributed by atoms with Gasteiger partial charge in [0.15, 0.2) is 0 Å².